The summed E-state index contributed by atoms with van der Waals surface area (Å²) < 4.78 is 0. The number of nitrogens with one attached hydrogen (secondary N) is 1. The molecule has 5 aromatic rings. The molecule has 5 rings (SSSR count). The molecular weight excluding hydrogens is 300 g/mol. The molecule has 0 bridgehead atoms. The van der Waals surface area contributed by atoms with Crippen LogP contribution in [-0.2, 0) is 0 Å². The van der Waals surface area contributed by atoms with E-state index in [1.165, 1.54) is 6.07 Å². The third-order valence-corrected chi connectivity index (χ3v) is 4.44. The monoisotopic (exact) mass is 312 g/mol. The summed E-state index contributed by atoms with van der Waals surface area (Å²) in [4.78, 5) is 20.0. The average Bonchev–Trinajstić information content (AvgIpc) is 2.60. The highest BCUT2D eigenvalue weighted by Crippen LogP contribution is 2.30. The molecule has 0 aliphatic heterocycles. The largest absolute Gasteiger partial charge is 0.506 e. The van der Waals surface area contributed by atoms with Crippen molar-refractivity contribution in [1.82, 2.24) is 9.97 Å². The van der Waals surface area contributed by atoms with Gasteiger partial charge < -0.3 is 10.1 Å². The summed E-state index contributed by atoms with van der Waals surface area (Å²) in [7, 11) is 0. The Labute approximate surface area is 136 Å². The number of hydrogen-bond acceptors (Lipinski definition) is 3. The molecule has 24 heavy (non-hydrogen) atoms. The van der Waals surface area contributed by atoms with E-state index < -0.39 is 0 Å². The van der Waals surface area contributed by atoms with E-state index in [1.807, 2.05) is 42.5 Å². The lowest BCUT2D eigenvalue weighted by atomic mass is 10.1. The molecule has 0 amide bonds. The van der Waals surface area contributed by atoms with Gasteiger partial charge in [-0.3, -0.25) is 4.79 Å². The summed E-state index contributed by atoms with van der Waals surface area (Å²) in [5, 5.41) is 13.8. The van der Waals surface area contributed by atoms with Crippen LogP contribution in [0.15, 0.2) is 65.5 Å². The Hall–Kier alpha value is -3.40. The van der Waals surface area contributed by atoms with Crippen molar-refractivity contribution in [2.75, 3.05) is 0 Å². The van der Waals surface area contributed by atoms with Crippen LogP contribution in [-0.4, -0.2) is 15.1 Å². The van der Waals surface area contributed by atoms with Crippen molar-refractivity contribution in [1.29, 1.82) is 0 Å². The summed E-state index contributed by atoms with van der Waals surface area (Å²) in [6, 6.07) is 18.6. The molecule has 114 valence electrons. The molecule has 0 saturated carbocycles. The van der Waals surface area contributed by atoms with Crippen molar-refractivity contribution in [3.63, 3.8) is 0 Å². The van der Waals surface area contributed by atoms with E-state index >= 15 is 0 Å². The summed E-state index contributed by atoms with van der Waals surface area (Å²) in [6.45, 7) is 0. The van der Waals surface area contributed by atoms with Crippen molar-refractivity contribution < 1.29 is 5.11 Å². The average molecular weight is 312 g/mol. The first-order valence-electron chi connectivity index (χ1n) is 7.68. The molecule has 0 aliphatic rings. The zero-order valence-electron chi connectivity index (χ0n) is 12.6. The van der Waals surface area contributed by atoms with Gasteiger partial charge in [0.15, 0.2) is 0 Å². The van der Waals surface area contributed by atoms with E-state index in [0.717, 1.165) is 32.6 Å². The number of hydrogen-bond donors (Lipinski definition) is 2. The van der Waals surface area contributed by atoms with E-state index in [2.05, 4.69) is 9.97 Å². The number of phenols is 1. The third kappa shape index (κ3) is 1.74. The maximum absolute atomic E-state index is 12.1. The molecule has 0 saturated heterocycles. The number of H-pyrrole nitrogens is 1. The first-order chi connectivity index (χ1) is 11.7. The topological polar surface area (TPSA) is 66.0 Å². The minimum absolute atomic E-state index is 0.0879. The van der Waals surface area contributed by atoms with Crippen molar-refractivity contribution in [2.24, 2.45) is 0 Å². The van der Waals surface area contributed by atoms with Crippen LogP contribution in [0.25, 0.3) is 43.6 Å². The van der Waals surface area contributed by atoms with Gasteiger partial charge in [-0.25, -0.2) is 4.98 Å². The van der Waals surface area contributed by atoms with Crippen LogP contribution in [0.3, 0.4) is 0 Å². The van der Waals surface area contributed by atoms with Gasteiger partial charge >= 0.3 is 0 Å². The van der Waals surface area contributed by atoms with Crippen LogP contribution in [0.5, 0.6) is 5.75 Å². The number of fused-ring (bicyclic) bond motifs is 5. The Morgan fingerprint density at radius 1 is 0.750 bits per heavy atom. The highest BCUT2D eigenvalue weighted by Gasteiger charge is 2.09. The van der Waals surface area contributed by atoms with Crippen molar-refractivity contribution in [3.05, 3.63) is 70.9 Å². The first kappa shape index (κ1) is 13.1. The van der Waals surface area contributed by atoms with Crippen LogP contribution in [0.1, 0.15) is 0 Å². The second-order valence-corrected chi connectivity index (χ2v) is 5.93. The predicted molar refractivity (Wildman–Crippen MR) is 96.5 cm³/mol. The fraction of sp³-hybridized carbons (Fsp3) is 0. The number of rotatable bonds is 0. The van der Waals surface area contributed by atoms with Gasteiger partial charge in [-0.05, 0) is 24.3 Å². The van der Waals surface area contributed by atoms with E-state index in [-0.39, 0.29) is 11.2 Å². The maximum atomic E-state index is 12.1. The molecule has 2 heterocycles. The molecule has 0 radical (unpaired) electrons. The van der Waals surface area contributed by atoms with Gasteiger partial charge in [-0.2, -0.15) is 0 Å². The number of benzene rings is 3. The number of pyridine rings is 2. The standard InChI is InChI=1S/C20H12N2O2/c23-15-5-1-3-11-9-13-7-8-14-10-12-4-2-6-16(24)18(12)22-20(14)19(13)21-17(11)15/h1-10,21,23H. The molecule has 4 nitrogen and oxygen atoms in total. The van der Waals surface area contributed by atoms with Crippen LogP contribution in [0, 0.1) is 0 Å². The first-order valence-corrected chi connectivity index (χ1v) is 7.68. The van der Waals surface area contributed by atoms with Crippen LogP contribution in [0.2, 0.25) is 0 Å². The van der Waals surface area contributed by atoms with E-state index in [4.69, 9.17) is 0 Å². The van der Waals surface area contributed by atoms with Gasteiger partial charge in [0.2, 0.25) is 5.43 Å². The highest BCUT2D eigenvalue weighted by molar-refractivity contribution is 6.09. The molecule has 0 aliphatic carbocycles. The lowest BCUT2D eigenvalue weighted by Crippen LogP contribution is -2.01. The Bertz CT molecular complexity index is 1340. The van der Waals surface area contributed by atoms with Gasteiger partial charge in [0, 0.05) is 21.5 Å². The zero-order chi connectivity index (χ0) is 16.3. The Kier molecular flexibility index (Phi) is 2.48. The molecule has 0 atom stereocenters. The minimum atomic E-state index is -0.0879. The molecule has 0 unspecified atom stereocenters. The smallest absolute Gasteiger partial charge is 0.204 e. The lowest BCUT2D eigenvalue weighted by molar-refractivity contribution is 0.480. The fourth-order valence-corrected chi connectivity index (χ4v) is 3.27. The van der Waals surface area contributed by atoms with E-state index in [9.17, 15) is 9.90 Å². The summed E-state index contributed by atoms with van der Waals surface area (Å²) >= 11 is 0. The zero-order valence-corrected chi connectivity index (χ0v) is 12.6. The maximum Gasteiger partial charge on any atom is 0.204 e. The fourth-order valence-electron chi connectivity index (χ4n) is 3.27. The molecule has 3 aromatic carbocycles. The molecule has 0 fully saturated rings. The Balaban J connectivity index is 2.03. The van der Waals surface area contributed by atoms with Crippen LogP contribution < -0.4 is 5.43 Å². The molecule has 2 N–H and O–H groups in total. The Morgan fingerprint density at radius 2 is 1.42 bits per heavy atom. The molecule has 4 heteroatoms. The second kappa shape index (κ2) is 4.55. The van der Waals surface area contributed by atoms with Crippen LogP contribution in [0.4, 0.5) is 0 Å². The van der Waals surface area contributed by atoms with Gasteiger partial charge in [0.25, 0.3) is 0 Å². The van der Waals surface area contributed by atoms with Gasteiger partial charge in [0.05, 0.1) is 16.6 Å². The van der Waals surface area contributed by atoms with E-state index in [0.29, 0.717) is 11.0 Å². The van der Waals surface area contributed by atoms with Crippen molar-refractivity contribution in [3.8, 4) is 5.75 Å². The normalized spacial score (nSPS) is 11.7. The second-order valence-electron chi connectivity index (χ2n) is 5.93. The van der Waals surface area contributed by atoms with Crippen molar-refractivity contribution >= 4 is 43.6 Å². The number of aromatic nitrogens is 2. The predicted octanol–water partition coefficient (Wildman–Crippen LogP) is 4.09. The summed E-state index contributed by atoms with van der Waals surface area (Å²) in [5.74, 6) is 0.191. The van der Waals surface area contributed by atoms with Gasteiger partial charge in [-0.1, -0.05) is 36.4 Å². The summed E-state index contributed by atoms with van der Waals surface area (Å²) in [5.41, 5.74) is 2.58. The van der Waals surface area contributed by atoms with Gasteiger partial charge in [0.1, 0.15) is 11.3 Å². The molecule has 0 spiro atoms. The lowest BCUT2D eigenvalue weighted by Gasteiger charge is -2.08. The number of phenolic OH excluding ortho intramolecular Hbond substituents is 1. The SMILES string of the molecule is O=c1cccc2cc3ccc4cc5cccc(O)c5[nH]c4c3nc12. The van der Waals surface area contributed by atoms with Crippen LogP contribution >= 0.6 is 0 Å². The summed E-state index contributed by atoms with van der Waals surface area (Å²) in [6.07, 6.45) is 0. The Morgan fingerprint density at radius 3 is 2.33 bits per heavy atom. The third-order valence-electron chi connectivity index (χ3n) is 4.44. The van der Waals surface area contributed by atoms with Gasteiger partial charge in [-0.15, -0.1) is 0 Å². The highest BCUT2D eigenvalue weighted by atomic mass is 16.3. The van der Waals surface area contributed by atoms with E-state index in [1.54, 1.807) is 12.1 Å². The quantitative estimate of drug-likeness (QED) is 0.334. The number of aromatic amines is 1. The number of nitrogens with zero attached hydrogens (tertiary/aromatic N) is 1. The number of aromatic hydroxyl groups is 1. The molecule has 2 aromatic heterocycles. The number of para-hydroxylation sites is 2. The molecular formula is C20H12N2O2. The minimum Gasteiger partial charge on any atom is -0.506 e. The van der Waals surface area contributed by atoms with Crippen molar-refractivity contribution in [2.45, 2.75) is 0 Å².